The highest BCUT2D eigenvalue weighted by atomic mass is 16.3. The van der Waals surface area contributed by atoms with Gasteiger partial charge in [-0.05, 0) is 56.6 Å². The van der Waals surface area contributed by atoms with Gasteiger partial charge in [-0.3, -0.25) is 4.98 Å². The molecule has 0 fully saturated rings. The molecule has 47 heavy (non-hydrogen) atoms. The molecule has 0 aliphatic rings. The molecule has 0 saturated carbocycles. The van der Waals surface area contributed by atoms with Crippen molar-refractivity contribution in [2.45, 2.75) is 0 Å². The van der Waals surface area contributed by atoms with Crippen LogP contribution in [0, 0.1) is 0 Å². The second-order valence-electron chi connectivity index (χ2n) is 11.8. The topological polar surface area (TPSA) is 64.7 Å². The zero-order valence-electron chi connectivity index (χ0n) is 25.1. The van der Waals surface area contributed by atoms with E-state index in [4.69, 9.17) is 19.4 Å². The van der Waals surface area contributed by atoms with Crippen LogP contribution in [0.15, 0.2) is 150 Å². The van der Waals surface area contributed by atoms with Gasteiger partial charge >= 0.3 is 0 Å². The number of hydrogen-bond donors (Lipinski definition) is 0. The van der Waals surface area contributed by atoms with Crippen LogP contribution in [0.25, 0.3) is 99.3 Å². The van der Waals surface area contributed by atoms with E-state index in [1.54, 1.807) is 6.20 Å². The fourth-order valence-corrected chi connectivity index (χ4v) is 7.00. The van der Waals surface area contributed by atoms with E-state index < -0.39 is 0 Å². The van der Waals surface area contributed by atoms with Crippen LogP contribution in [0.1, 0.15) is 0 Å². The summed E-state index contributed by atoms with van der Waals surface area (Å²) in [7, 11) is 0. The molecule has 10 aromatic rings. The summed E-state index contributed by atoms with van der Waals surface area (Å²) in [5, 5.41) is 10.0. The Morgan fingerprint density at radius 3 is 1.98 bits per heavy atom. The van der Waals surface area contributed by atoms with E-state index in [-0.39, 0.29) is 0 Å². The van der Waals surface area contributed by atoms with E-state index in [0.717, 1.165) is 60.3 Å². The van der Waals surface area contributed by atoms with Gasteiger partial charge in [-0.1, -0.05) is 115 Å². The second kappa shape index (κ2) is 10.0. The van der Waals surface area contributed by atoms with Crippen LogP contribution in [-0.4, -0.2) is 19.9 Å². The minimum atomic E-state index is 0.588. The second-order valence-corrected chi connectivity index (χ2v) is 11.8. The van der Waals surface area contributed by atoms with Crippen LogP contribution in [0.5, 0.6) is 0 Å². The van der Waals surface area contributed by atoms with E-state index >= 15 is 0 Å². The van der Waals surface area contributed by atoms with Crippen molar-refractivity contribution in [1.82, 2.24) is 19.9 Å². The van der Waals surface area contributed by atoms with Gasteiger partial charge < -0.3 is 4.42 Å². The molecule has 0 amide bonds. The van der Waals surface area contributed by atoms with Gasteiger partial charge in [0.1, 0.15) is 11.1 Å². The van der Waals surface area contributed by atoms with Crippen LogP contribution in [0.2, 0.25) is 0 Å². The average Bonchev–Trinajstić information content (AvgIpc) is 3.54. The molecule has 218 valence electrons. The van der Waals surface area contributed by atoms with Gasteiger partial charge in [-0.2, -0.15) is 0 Å². The van der Waals surface area contributed by atoms with E-state index in [2.05, 4.69) is 96.0 Å². The summed E-state index contributed by atoms with van der Waals surface area (Å²) in [5.74, 6) is 1.83. The summed E-state index contributed by atoms with van der Waals surface area (Å²) in [6.07, 6.45) is 1.80. The average molecular weight is 601 g/mol. The molecule has 5 nitrogen and oxygen atoms in total. The van der Waals surface area contributed by atoms with Crippen LogP contribution < -0.4 is 0 Å². The van der Waals surface area contributed by atoms with Crippen LogP contribution in [0.3, 0.4) is 0 Å². The molecule has 0 spiro atoms. The number of fused-ring (bicyclic) bond motifs is 10. The molecule has 0 N–H and O–H groups in total. The minimum Gasteiger partial charge on any atom is -0.454 e. The molecule has 0 saturated heterocycles. The molecule has 0 radical (unpaired) electrons. The van der Waals surface area contributed by atoms with Crippen LogP contribution >= 0.6 is 0 Å². The van der Waals surface area contributed by atoms with E-state index in [1.165, 1.54) is 21.5 Å². The van der Waals surface area contributed by atoms with Crippen molar-refractivity contribution in [1.29, 1.82) is 0 Å². The van der Waals surface area contributed by atoms with Crippen molar-refractivity contribution < 1.29 is 4.42 Å². The molecule has 10 rings (SSSR count). The van der Waals surface area contributed by atoms with E-state index in [0.29, 0.717) is 17.5 Å². The number of rotatable bonds is 3. The third-order valence-corrected chi connectivity index (χ3v) is 9.13. The number of furan rings is 1. The highest BCUT2D eigenvalue weighted by Crippen LogP contribution is 2.41. The Bertz CT molecular complexity index is 2840. The highest BCUT2D eigenvalue weighted by molar-refractivity contribution is 6.24. The van der Waals surface area contributed by atoms with Gasteiger partial charge in [0.25, 0.3) is 0 Å². The van der Waals surface area contributed by atoms with Gasteiger partial charge in [-0.25, -0.2) is 15.0 Å². The van der Waals surface area contributed by atoms with Crippen molar-refractivity contribution in [2.75, 3.05) is 0 Å². The highest BCUT2D eigenvalue weighted by Gasteiger charge is 2.20. The quantitative estimate of drug-likeness (QED) is 0.189. The summed E-state index contributed by atoms with van der Waals surface area (Å²) in [5.41, 5.74) is 5.13. The number of aromatic nitrogens is 4. The molecule has 0 atom stereocenters. The summed E-state index contributed by atoms with van der Waals surface area (Å²) >= 11 is 0. The largest absolute Gasteiger partial charge is 0.454 e. The lowest BCUT2D eigenvalue weighted by atomic mass is 9.92. The fraction of sp³-hybridized carbons (Fsp3) is 0. The molecule has 7 aromatic carbocycles. The Kier molecular flexibility index (Phi) is 5.51. The minimum absolute atomic E-state index is 0.588. The van der Waals surface area contributed by atoms with Crippen molar-refractivity contribution in [3.8, 4) is 34.2 Å². The molecule has 0 unspecified atom stereocenters. The third-order valence-electron chi connectivity index (χ3n) is 9.13. The first-order valence-electron chi connectivity index (χ1n) is 15.6. The Hall–Kier alpha value is -6.46. The van der Waals surface area contributed by atoms with Gasteiger partial charge in [0, 0.05) is 39.0 Å². The van der Waals surface area contributed by atoms with Gasteiger partial charge in [-0.15, -0.1) is 0 Å². The van der Waals surface area contributed by atoms with Gasteiger partial charge in [0.15, 0.2) is 23.1 Å². The number of hydrogen-bond acceptors (Lipinski definition) is 5. The Morgan fingerprint density at radius 2 is 1.11 bits per heavy atom. The molecule has 3 heterocycles. The van der Waals surface area contributed by atoms with Gasteiger partial charge in [0.2, 0.25) is 0 Å². The molecular weight excluding hydrogens is 576 g/mol. The molecule has 0 bridgehead atoms. The predicted octanol–water partition coefficient (Wildman–Crippen LogP) is 10.8. The normalized spacial score (nSPS) is 11.8. The van der Waals surface area contributed by atoms with E-state index in [9.17, 15) is 0 Å². The fourth-order valence-electron chi connectivity index (χ4n) is 7.00. The summed E-state index contributed by atoms with van der Waals surface area (Å²) < 4.78 is 6.47. The maximum absolute atomic E-state index is 6.47. The summed E-state index contributed by atoms with van der Waals surface area (Å²) in [6.45, 7) is 0. The first-order valence-corrected chi connectivity index (χ1v) is 15.6. The first kappa shape index (κ1) is 25.8. The Balaban J connectivity index is 1.31. The van der Waals surface area contributed by atoms with Crippen LogP contribution in [0.4, 0.5) is 0 Å². The lowest BCUT2D eigenvalue weighted by Gasteiger charge is -2.14. The molecule has 5 heteroatoms. The molecule has 0 aliphatic heterocycles. The zero-order valence-corrected chi connectivity index (χ0v) is 25.1. The SMILES string of the molecule is c1ccc(-c2nc(-c3cc4ccccc4c4c3ccc3ccccc34)nc(-c3cccc4oc5c(ccc6cccnc65)c34)n2)cc1. The van der Waals surface area contributed by atoms with Crippen molar-refractivity contribution >= 4 is 65.2 Å². The summed E-state index contributed by atoms with van der Waals surface area (Å²) in [4.78, 5) is 20.2. The number of pyridine rings is 1. The first-order chi connectivity index (χ1) is 23.3. The lowest BCUT2D eigenvalue weighted by Crippen LogP contribution is -2.01. The molecular formula is C42H24N4O. The van der Waals surface area contributed by atoms with E-state index in [1.807, 2.05) is 48.5 Å². The maximum atomic E-state index is 6.47. The molecule has 3 aromatic heterocycles. The number of benzene rings is 7. The smallest absolute Gasteiger partial charge is 0.164 e. The maximum Gasteiger partial charge on any atom is 0.164 e. The van der Waals surface area contributed by atoms with Crippen molar-refractivity contribution in [2.24, 2.45) is 0 Å². The summed E-state index contributed by atoms with van der Waals surface area (Å²) in [6, 6.07) is 48.1. The Morgan fingerprint density at radius 1 is 0.426 bits per heavy atom. The lowest BCUT2D eigenvalue weighted by molar-refractivity contribution is 0.671. The molecule has 0 aliphatic carbocycles. The number of nitrogens with zero attached hydrogens (tertiary/aromatic N) is 4. The predicted molar refractivity (Wildman–Crippen MR) is 191 cm³/mol. The zero-order chi connectivity index (χ0) is 30.9. The standard InChI is InChI=1S/C42H24N4O/c1-2-11-27(12-3-1)40-44-41(33-17-8-18-35-37(33)32-22-20-26-14-9-23-43-38(26)39(32)47-35)46-42(45-40)34-24-28-13-5-7-16-30(28)36-29-15-6-4-10-25(29)19-21-31(34)36/h1-24H. The Labute approximate surface area is 268 Å². The van der Waals surface area contributed by atoms with Crippen molar-refractivity contribution in [3.05, 3.63) is 146 Å². The monoisotopic (exact) mass is 600 g/mol. The van der Waals surface area contributed by atoms with Crippen molar-refractivity contribution in [3.63, 3.8) is 0 Å². The third kappa shape index (κ3) is 3.97. The van der Waals surface area contributed by atoms with Crippen LogP contribution in [-0.2, 0) is 0 Å². The van der Waals surface area contributed by atoms with Gasteiger partial charge in [0.05, 0.1) is 0 Å².